The van der Waals surface area contributed by atoms with Gasteiger partial charge < -0.3 is 14.8 Å². The topological polar surface area (TPSA) is 123 Å². The van der Waals surface area contributed by atoms with Crippen molar-refractivity contribution in [1.29, 1.82) is 0 Å². The van der Waals surface area contributed by atoms with Crippen LogP contribution in [-0.4, -0.2) is 39.3 Å². The van der Waals surface area contributed by atoms with Gasteiger partial charge in [0.05, 0.1) is 21.1 Å². The van der Waals surface area contributed by atoms with Crippen LogP contribution in [0.4, 0.5) is 25.4 Å². The number of carbonyl (C=O) groups is 3. The third kappa shape index (κ3) is 9.13. The lowest BCUT2D eigenvalue weighted by Crippen LogP contribution is -2.27. The first kappa shape index (κ1) is 32.3. The predicted octanol–water partition coefficient (Wildman–Crippen LogP) is 7.87. The summed E-state index contributed by atoms with van der Waals surface area (Å²) in [7, 11) is -3.12. The molecule has 1 unspecified atom stereocenters. The minimum atomic E-state index is -3.12. The normalized spacial score (nSPS) is 13.0. The Morgan fingerprint density at radius 3 is 1.90 bits per heavy atom. The molecule has 2 N–H and O–H groups in total. The maximum Gasteiger partial charge on any atom is 0.442 e. The Hall–Kier alpha value is -4.25. The molecule has 3 aromatic carbocycles. The van der Waals surface area contributed by atoms with E-state index in [2.05, 4.69) is 15.0 Å². The summed E-state index contributed by atoms with van der Waals surface area (Å²) in [5.74, 6) is -0.838. The Labute approximate surface area is 246 Å². The maximum atomic E-state index is 13.5. The van der Waals surface area contributed by atoms with Crippen molar-refractivity contribution in [3.05, 3.63) is 78.1 Å². The monoisotopic (exact) mass is 597 g/mol. The Kier molecular flexibility index (Phi) is 9.78. The van der Waals surface area contributed by atoms with Crippen LogP contribution in [0.1, 0.15) is 58.8 Å². The van der Waals surface area contributed by atoms with Gasteiger partial charge in [0.25, 0.3) is 5.91 Å². The lowest BCUT2D eigenvalue weighted by atomic mass is 10.0. The van der Waals surface area contributed by atoms with Gasteiger partial charge in [0, 0.05) is 16.2 Å². The van der Waals surface area contributed by atoms with E-state index in [0.717, 1.165) is 0 Å². The number of hydrogen-bond acceptors (Lipinski definition) is 6. The second-order valence-corrected chi connectivity index (χ2v) is 13.9. The molecule has 42 heavy (non-hydrogen) atoms. The van der Waals surface area contributed by atoms with Crippen molar-refractivity contribution in [3.8, 4) is 11.1 Å². The van der Waals surface area contributed by atoms with Crippen molar-refractivity contribution in [2.45, 2.75) is 64.6 Å². The first-order chi connectivity index (χ1) is 19.5. The highest BCUT2D eigenvalue weighted by atomic mass is 32.2. The molecule has 0 heterocycles. The number of rotatable bonds is 6. The molecule has 3 aromatic rings. The highest BCUT2D eigenvalue weighted by Gasteiger charge is 2.21. The molecule has 1 atom stereocenters. The molecular formula is C31H36FN3O6S. The number of nitrogens with zero attached hydrogens (tertiary/aromatic N) is 1. The Balaban J connectivity index is 1.91. The van der Waals surface area contributed by atoms with Crippen LogP contribution in [0.25, 0.3) is 11.1 Å². The van der Waals surface area contributed by atoms with E-state index in [9.17, 15) is 23.0 Å². The number of ether oxygens (including phenoxy) is 2. The predicted molar refractivity (Wildman–Crippen MR) is 162 cm³/mol. The standard InChI is InChI=1S/C31H36FN3O6S/c1-8-42(39,35-29(38)41-31(5,6)7)24-16-11-21(12-17-24)27(36)33-26-19-22(20-9-14-23(32)15-10-20)13-18-25(26)34-28(37)40-30(2,3)4/h9-19H,8H2,1-7H3,(H,33,36)(H,34,37). The average Bonchev–Trinajstić information content (AvgIpc) is 2.88. The molecule has 224 valence electrons. The molecule has 9 nitrogen and oxygen atoms in total. The van der Waals surface area contributed by atoms with Crippen molar-refractivity contribution in [2.75, 3.05) is 16.4 Å². The van der Waals surface area contributed by atoms with Crippen molar-refractivity contribution in [1.82, 2.24) is 0 Å². The molecule has 0 aliphatic carbocycles. The minimum absolute atomic E-state index is 0.0632. The van der Waals surface area contributed by atoms with Gasteiger partial charge in [0.1, 0.15) is 17.0 Å². The summed E-state index contributed by atoms with van der Waals surface area (Å²) >= 11 is 0. The number of nitrogens with one attached hydrogen (secondary N) is 2. The van der Waals surface area contributed by atoms with Crippen LogP contribution in [0.5, 0.6) is 0 Å². The number of carbonyl (C=O) groups excluding carboxylic acids is 3. The first-order valence-corrected chi connectivity index (χ1v) is 15.0. The lowest BCUT2D eigenvalue weighted by molar-refractivity contribution is 0.0603. The molecule has 0 aromatic heterocycles. The van der Waals surface area contributed by atoms with Crippen molar-refractivity contribution >= 4 is 39.2 Å². The number of hydrogen-bond donors (Lipinski definition) is 2. The van der Waals surface area contributed by atoms with Gasteiger partial charge in [-0.3, -0.25) is 10.1 Å². The van der Waals surface area contributed by atoms with E-state index < -0.39 is 39.0 Å². The molecule has 3 amide bonds. The summed E-state index contributed by atoms with van der Waals surface area (Å²) in [6.45, 7) is 11.9. The van der Waals surface area contributed by atoms with Crippen LogP contribution in [0.2, 0.25) is 0 Å². The highest BCUT2D eigenvalue weighted by molar-refractivity contribution is 7.93. The van der Waals surface area contributed by atoms with E-state index in [0.29, 0.717) is 11.1 Å². The van der Waals surface area contributed by atoms with E-state index in [1.54, 1.807) is 78.8 Å². The van der Waals surface area contributed by atoms with Gasteiger partial charge >= 0.3 is 12.2 Å². The van der Waals surface area contributed by atoms with Crippen LogP contribution in [0.15, 0.2) is 76.0 Å². The summed E-state index contributed by atoms with van der Waals surface area (Å²) in [6.07, 6.45) is -1.64. The lowest BCUT2D eigenvalue weighted by Gasteiger charge is -2.21. The number of halogens is 1. The third-order valence-electron chi connectivity index (χ3n) is 5.57. The summed E-state index contributed by atoms with van der Waals surface area (Å²) in [5.41, 5.74) is 0.617. The van der Waals surface area contributed by atoms with Crippen LogP contribution < -0.4 is 10.6 Å². The number of anilines is 2. The SMILES string of the molecule is CCS(=O)(=NC(=O)OC(C)(C)C)c1ccc(C(=O)Nc2cc(-c3ccc(F)cc3)ccc2NC(=O)OC(C)(C)C)cc1. The number of amides is 3. The Morgan fingerprint density at radius 2 is 1.36 bits per heavy atom. The summed E-state index contributed by atoms with van der Waals surface area (Å²) in [5, 5.41) is 5.45. The van der Waals surface area contributed by atoms with Gasteiger partial charge in [-0.2, -0.15) is 0 Å². The maximum absolute atomic E-state index is 13.5. The van der Waals surface area contributed by atoms with Gasteiger partial charge in [-0.15, -0.1) is 4.36 Å². The van der Waals surface area contributed by atoms with Crippen molar-refractivity contribution in [3.63, 3.8) is 0 Å². The molecule has 0 saturated heterocycles. The van der Waals surface area contributed by atoms with E-state index in [-0.39, 0.29) is 33.4 Å². The molecule has 0 spiro atoms. The molecule has 0 aliphatic heterocycles. The van der Waals surface area contributed by atoms with Crippen LogP contribution in [-0.2, 0) is 19.2 Å². The van der Waals surface area contributed by atoms with E-state index >= 15 is 0 Å². The highest BCUT2D eigenvalue weighted by Crippen LogP contribution is 2.30. The van der Waals surface area contributed by atoms with Crippen molar-refractivity contribution < 1.29 is 32.5 Å². The first-order valence-electron chi connectivity index (χ1n) is 13.3. The fraction of sp³-hybridized carbons (Fsp3) is 0.323. The summed E-state index contributed by atoms with van der Waals surface area (Å²) < 4.78 is 41.3. The Morgan fingerprint density at radius 1 is 0.786 bits per heavy atom. The van der Waals surface area contributed by atoms with Crippen molar-refractivity contribution in [2.24, 2.45) is 4.36 Å². The quantitative estimate of drug-likeness (QED) is 0.298. The van der Waals surface area contributed by atoms with E-state index in [1.807, 2.05) is 0 Å². The summed E-state index contributed by atoms with van der Waals surface area (Å²) in [4.78, 5) is 38.3. The molecule has 3 rings (SSSR count). The van der Waals surface area contributed by atoms with Gasteiger partial charge in [-0.1, -0.05) is 25.1 Å². The van der Waals surface area contributed by atoms with Gasteiger partial charge in [-0.25, -0.2) is 18.2 Å². The van der Waals surface area contributed by atoms with E-state index in [1.165, 1.54) is 36.4 Å². The molecule has 0 saturated carbocycles. The zero-order valence-corrected chi connectivity index (χ0v) is 25.6. The molecule has 0 radical (unpaired) electrons. The zero-order chi connectivity index (χ0) is 31.3. The Bertz CT molecular complexity index is 1580. The van der Waals surface area contributed by atoms with Crippen LogP contribution in [0.3, 0.4) is 0 Å². The van der Waals surface area contributed by atoms with Gasteiger partial charge in [0.2, 0.25) is 0 Å². The fourth-order valence-electron chi connectivity index (χ4n) is 3.69. The minimum Gasteiger partial charge on any atom is -0.444 e. The molecular weight excluding hydrogens is 561 g/mol. The fourth-order valence-corrected chi connectivity index (χ4v) is 5.10. The molecule has 0 fully saturated rings. The van der Waals surface area contributed by atoms with Gasteiger partial charge in [-0.05, 0) is 101 Å². The second-order valence-electron chi connectivity index (χ2n) is 11.4. The number of benzene rings is 3. The van der Waals surface area contributed by atoms with Crippen LogP contribution in [0, 0.1) is 5.82 Å². The van der Waals surface area contributed by atoms with Gasteiger partial charge in [0.15, 0.2) is 0 Å². The van der Waals surface area contributed by atoms with E-state index in [4.69, 9.17) is 9.47 Å². The third-order valence-corrected chi connectivity index (χ3v) is 7.81. The molecule has 0 aliphatic rings. The average molecular weight is 598 g/mol. The zero-order valence-electron chi connectivity index (χ0n) is 24.7. The smallest absolute Gasteiger partial charge is 0.442 e. The molecule has 0 bridgehead atoms. The van der Waals surface area contributed by atoms with Crippen LogP contribution >= 0.6 is 0 Å². The molecule has 11 heteroatoms. The summed E-state index contributed by atoms with van der Waals surface area (Å²) in [6, 6.07) is 16.7. The second kappa shape index (κ2) is 12.7. The largest absolute Gasteiger partial charge is 0.444 e.